The number of hydrogen-bond acceptors (Lipinski definition) is 8. The van der Waals surface area contributed by atoms with E-state index in [2.05, 4.69) is 0 Å². The maximum Gasteiger partial charge on any atom is 0.511 e. The molecule has 0 heterocycles. The van der Waals surface area contributed by atoms with Gasteiger partial charge in [-0.15, -0.1) is 0 Å². The highest BCUT2D eigenvalue weighted by atomic mass is 32.2. The molecule has 2 bridgehead atoms. The quantitative estimate of drug-likeness (QED) is 0.344. The lowest BCUT2D eigenvalue weighted by atomic mass is 9.70. The Bertz CT molecular complexity index is 641. The van der Waals surface area contributed by atoms with Crippen molar-refractivity contribution in [3.8, 4) is 0 Å². The Morgan fingerprint density at radius 1 is 1.23 bits per heavy atom. The number of carbonyl (C=O) groups excluding carboxylic acids is 1. The number of fused-ring (bicyclic) bond motifs is 2. The molecule has 0 aromatic carbocycles. The summed E-state index contributed by atoms with van der Waals surface area (Å²) in [4.78, 5) is 13.5. The van der Waals surface area contributed by atoms with E-state index >= 15 is 0 Å². The molecule has 0 amide bonds. The molecule has 4 unspecified atom stereocenters. The summed E-state index contributed by atoms with van der Waals surface area (Å²) in [5, 5.41) is 0. The second-order valence-corrected chi connectivity index (χ2v) is 12.4. The van der Waals surface area contributed by atoms with Gasteiger partial charge in [0.25, 0.3) is 10.1 Å². The molecule has 0 saturated heterocycles. The van der Waals surface area contributed by atoms with Crippen molar-refractivity contribution in [1.82, 2.24) is 0 Å². The molecule has 2 N–H and O–H groups in total. The minimum absolute atomic E-state index is 0.0726. The number of hydrogen-bond donors (Lipinski definition) is 1. The first-order valence-electron chi connectivity index (χ1n) is 8.83. The van der Waals surface area contributed by atoms with Gasteiger partial charge in [0.1, 0.15) is 12.0 Å². The van der Waals surface area contributed by atoms with Crippen LogP contribution in [0.5, 0.6) is 0 Å². The van der Waals surface area contributed by atoms with Gasteiger partial charge in [-0.1, -0.05) is 20.8 Å². The topological polar surface area (TPSA) is 114 Å². The summed E-state index contributed by atoms with van der Waals surface area (Å²) in [6.07, 6.45) is 0.659. The molecule has 0 radical (unpaired) electrons. The molecule has 2 fully saturated rings. The zero-order valence-electron chi connectivity index (χ0n) is 16.4. The Kier molecular flexibility index (Phi) is 6.10. The number of ketones is 1. The zero-order valence-corrected chi connectivity index (χ0v) is 18.2. The molecule has 152 valence electrons. The summed E-state index contributed by atoms with van der Waals surface area (Å²) in [6, 6.07) is 0. The monoisotopic (exact) mass is 409 g/mol. The molecule has 4 atom stereocenters. The predicted octanol–water partition coefficient (Wildman–Crippen LogP) is 1.28. The fourth-order valence-electron chi connectivity index (χ4n) is 4.90. The van der Waals surface area contributed by atoms with E-state index in [1.165, 1.54) is 21.3 Å². The number of rotatable bonds is 9. The number of Topliss-reactive ketones (excluding diaryl/α,β-unsaturated/α-hetero) is 1. The maximum atomic E-state index is 13.5. The van der Waals surface area contributed by atoms with E-state index in [4.69, 9.17) is 23.2 Å². The zero-order chi connectivity index (χ0) is 20.0. The van der Waals surface area contributed by atoms with Crippen LogP contribution in [-0.4, -0.2) is 56.3 Å². The molecule has 2 rings (SSSR count). The number of carbonyl (C=O) groups is 1. The van der Waals surface area contributed by atoms with Crippen LogP contribution in [0.15, 0.2) is 0 Å². The summed E-state index contributed by atoms with van der Waals surface area (Å²) in [5.41, 5.74) is 3.47. The molecule has 26 heavy (non-hydrogen) atoms. The van der Waals surface area contributed by atoms with Gasteiger partial charge in [-0.05, 0) is 30.6 Å². The first-order valence-corrected chi connectivity index (χ1v) is 12.2. The molecule has 0 spiro atoms. The van der Waals surface area contributed by atoms with Gasteiger partial charge in [0.2, 0.25) is 0 Å². The lowest BCUT2D eigenvalue weighted by Gasteiger charge is -2.36. The molecular weight excluding hydrogens is 378 g/mol. The Morgan fingerprint density at radius 3 is 2.23 bits per heavy atom. The molecule has 2 saturated carbocycles. The van der Waals surface area contributed by atoms with E-state index in [0.717, 1.165) is 0 Å². The van der Waals surface area contributed by atoms with Gasteiger partial charge in [0.15, 0.2) is 0 Å². The fourth-order valence-corrected chi connectivity index (χ4v) is 9.68. The lowest BCUT2D eigenvalue weighted by molar-refractivity contribution is -0.129. The Hall–Kier alpha value is -0.363. The van der Waals surface area contributed by atoms with Crippen molar-refractivity contribution < 1.29 is 30.7 Å². The van der Waals surface area contributed by atoms with Gasteiger partial charge < -0.3 is 19.0 Å². The van der Waals surface area contributed by atoms with Crippen LogP contribution in [0.1, 0.15) is 40.0 Å². The third-order valence-electron chi connectivity index (χ3n) is 6.53. The highest BCUT2D eigenvalue weighted by molar-refractivity contribution is 7.86. The minimum Gasteiger partial charge on any atom is -0.376 e. The SMILES string of the molecule is CCC(N)OS(=O)(=O)CC12CCC(C([Si](OC)(OC)OC)C1=O)C2(C)C. The average Bonchev–Trinajstić information content (AvgIpc) is 2.90. The highest BCUT2D eigenvalue weighted by Gasteiger charge is 2.75. The van der Waals surface area contributed by atoms with Crippen molar-refractivity contribution in [2.75, 3.05) is 27.1 Å². The van der Waals surface area contributed by atoms with Crippen molar-refractivity contribution in [2.24, 2.45) is 22.5 Å². The smallest absolute Gasteiger partial charge is 0.376 e. The predicted molar refractivity (Wildman–Crippen MR) is 97.6 cm³/mol. The first kappa shape index (κ1) is 21.9. The third-order valence-corrected chi connectivity index (χ3v) is 11.0. The molecule has 0 aromatic heterocycles. The van der Waals surface area contributed by atoms with Crippen LogP contribution in [0.25, 0.3) is 0 Å². The van der Waals surface area contributed by atoms with Gasteiger partial charge >= 0.3 is 8.80 Å². The van der Waals surface area contributed by atoms with Crippen molar-refractivity contribution in [3.05, 3.63) is 0 Å². The van der Waals surface area contributed by atoms with Crippen LogP contribution in [0.4, 0.5) is 0 Å². The van der Waals surface area contributed by atoms with Crippen LogP contribution in [0, 0.1) is 16.7 Å². The maximum absolute atomic E-state index is 13.5. The summed E-state index contributed by atoms with van der Waals surface area (Å²) in [7, 11) is -2.82. The van der Waals surface area contributed by atoms with E-state index in [1.807, 2.05) is 13.8 Å². The second-order valence-electron chi connectivity index (χ2n) is 7.75. The van der Waals surface area contributed by atoms with E-state index in [9.17, 15) is 13.2 Å². The van der Waals surface area contributed by atoms with Crippen molar-refractivity contribution >= 4 is 24.7 Å². The summed E-state index contributed by atoms with van der Waals surface area (Å²) >= 11 is 0. The van der Waals surface area contributed by atoms with E-state index < -0.39 is 41.5 Å². The van der Waals surface area contributed by atoms with Gasteiger partial charge in [-0.2, -0.15) is 8.42 Å². The standard InChI is InChI=1S/C16H31NO7SSi/c1-7-12(17)24-25(19,20)10-16-9-8-11(15(16,2)3)13(14(16)18)26(21-4,22-5)23-6/h11-13H,7-10,17H2,1-6H3. The fraction of sp³-hybridized carbons (Fsp3) is 0.938. The van der Waals surface area contributed by atoms with Crippen molar-refractivity contribution in [2.45, 2.75) is 51.8 Å². The van der Waals surface area contributed by atoms with Gasteiger partial charge in [0.05, 0.1) is 16.7 Å². The van der Waals surface area contributed by atoms with Crippen LogP contribution in [0.2, 0.25) is 5.54 Å². The molecule has 0 aliphatic heterocycles. The lowest BCUT2D eigenvalue weighted by Crippen LogP contribution is -2.53. The first-order chi connectivity index (χ1) is 12.0. The average molecular weight is 410 g/mol. The summed E-state index contributed by atoms with van der Waals surface area (Å²) in [6.45, 7) is 5.62. The Morgan fingerprint density at radius 2 is 1.77 bits per heavy atom. The van der Waals surface area contributed by atoms with Crippen LogP contribution in [0.3, 0.4) is 0 Å². The third kappa shape index (κ3) is 3.09. The Balaban J connectivity index is 2.45. The second kappa shape index (κ2) is 7.23. The molecular formula is C16H31NO7SSi. The molecule has 8 nitrogen and oxygen atoms in total. The number of nitrogens with two attached hydrogens (primary N) is 1. The highest BCUT2D eigenvalue weighted by Crippen LogP contribution is 2.70. The van der Waals surface area contributed by atoms with E-state index in [0.29, 0.717) is 19.3 Å². The van der Waals surface area contributed by atoms with Crippen molar-refractivity contribution in [3.63, 3.8) is 0 Å². The molecule has 0 aromatic rings. The van der Waals surface area contributed by atoms with Gasteiger partial charge in [-0.3, -0.25) is 8.98 Å². The van der Waals surface area contributed by atoms with Crippen LogP contribution in [-0.2, 0) is 32.4 Å². The summed E-state index contributed by atoms with van der Waals surface area (Å²) in [5.74, 6) is -0.612. The normalized spacial score (nSPS) is 32.2. The van der Waals surface area contributed by atoms with E-state index in [-0.39, 0.29) is 17.5 Å². The summed E-state index contributed by atoms with van der Waals surface area (Å²) < 4.78 is 47.0. The molecule has 10 heteroatoms. The largest absolute Gasteiger partial charge is 0.511 e. The Labute approximate surface area is 157 Å². The minimum atomic E-state index is -3.97. The molecule has 2 aliphatic carbocycles. The van der Waals surface area contributed by atoms with Crippen LogP contribution < -0.4 is 5.73 Å². The van der Waals surface area contributed by atoms with E-state index in [1.54, 1.807) is 6.92 Å². The van der Waals surface area contributed by atoms with Gasteiger partial charge in [-0.25, -0.2) is 0 Å². The van der Waals surface area contributed by atoms with Crippen LogP contribution >= 0.6 is 0 Å². The molecule has 2 aliphatic rings. The van der Waals surface area contributed by atoms with Gasteiger partial charge in [0, 0.05) is 21.3 Å². The van der Waals surface area contributed by atoms with Crippen molar-refractivity contribution in [1.29, 1.82) is 0 Å².